The smallest absolute Gasteiger partial charge is 0.287 e. The van der Waals surface area contributed by atoms with E-state index in [4.69, 9.17) is 21.7 Å². The number of ether oxygens (including phenoxy) is 2. The molecule has 1 aliphatic heterocycles. The van der Waals surface area contributed by atoms with Crippen molar-refractivity contribution in [3.63, 3.8) is 0 Å². The third-order valence-electron chi connectivity index (χ3n) is 3.90. The normalized spacial score (nSPS) is 14.8. The molecule has 2 aromatic rings. The molecule has 1 aromatic carbocycles. The number of aromatic nitrogens is 1. The van der Waals surface area contributed by atoms with E-state index in [0.717, 1.165) is 11.8 Å². The lowest BCUT2D eigenvalue weighted by Gasteiger charge is -2.12. The van der Waals surface area contributed by atoms with Crippen LogP contribution < -0.4 is 9.47 Å². The van der Waals surface area contributed by atoms with Gasteiger partial charge in [0.1, 0.15) is 10.5 Å². The number of hydrogen-bond donors (Lipinski definition) is 0. The molecule has 154 valence electrons. The monoisotopic (exact) mass is 443 g/mol. The van der Waals surface area contributed by atoms with Crippen molar-refractivity contribution < 1.29 is 19.2 Å². The molecule has 0 radical (unpaired) electrons. The number of nitro groups is 1. The van der Waals surface area contributed by atoms with Crippen molar-refractivity contribution in [3.8, 4) is 17.4 Å². The average molecular weight is 444 g/mol. The minimum absolute atomic E-state index is 0.128. The van der Waals surface area contributed by atoms with Gasteiger partial charge in [0.2, 0.25) is 5.88 Å². The Morgan fingerprint density at radius 1 is 1.33 bits per heavy atom. The molecule has 0 bridgehead atoms. The van der Waals surface area contributed by atoms with Gasteiger partial charge in [-0.05, 0) is 30.7 Å². The number of carbonyl (C=O) groups excluding carboxylic acids is 1. The van der Waals surface area contributed by atoms with Gasteiger partial charge in [-0.3, -0.25) is 19.8 Å². The highest BCUT2D eigenvalue weighted by Crippen LogP contribution is 2.36. The molecule has 30 heavy (non-hydrogen) atoms. The number of carbonyl (C=O) groups is 1. The Morgan fingerprint density at radius 2 is 2.13 bits per heavy atom. The minimum atomic E-state index is -0.533. The Hall–Kier alpha value is -3.24. The lowest BCUT2D eigenvalue weighted by molar-refractivity contribution is -0.385. The highest BCUT2D eigenvalue weighted by atomic mass is 32.2. The predicted molar refractivity (Wildman–Crippen MR) is 119 cm³/mol. The lowest BCUT2D eigenvalue weighted by atomic mass is 10.2. The van der Waals surface area contributed by atoms with Gasteiger partial charge in [0.25, 0.3) is 11.6 Å². The maximum atomic E-state index is 12.5. The Morgan fingerprint density at radius 3 is 2.77 bits per heavy atom. The fourth-order valence-electron chi connectivity index (χ4n) is 2.56. The number of nitrogens with zero attached hydrogens (tertiary/aromatic N) is 3. The molecule has 0 unspecified atom stereocenters. The van der Waals surface area contributed by atoms with Crippen LogP contribution in [0, 0.1) is 10.1 Å². The lowest BCUT2D eigenvalue weighted by Crippen LogP contribution is -2.27. The van der Waals surface area contributed by atoms with Gasteiger partial charge in [0, 0.05) is 18.7 Å². The molecule has 0 N–H and O–H groups in total. The predicted octanol–water partition coefficient (Wildman–Crippen LogP) is 4.57. The molecule has 0 spiro atoms. The molecule has 1 saturated heterocycles. The zero-order valence-electron chi connectivity index (χ0n) is 15.9. The third kappa shape index (κ3) is 4.84. The molecule has 3 rings (SSSR count). The highest BCUT2D eigenvalue weighted by Gasteiger charge is 2.31. The number of thioether (sulfide) groups is 1. The zero-order valence-corrected chi connectivity index (χ0v) is 17.6. The number of rotatable bonds is 8. The van der Waals surface area contributed by atoms with E-state index in [1.807, 2.05) is 6.92 Å². The first-order chi connectivity index (χ1) is 14.4. The van der Waals surface area contributed by atoms with Gasteiger partial charge in [-0.1, -0.05) is 36.1 Å². The summed E-state index contributed by atoms with van der Waals surface area (Å²) in [6.45, 7) is 6.23. The number of hydrogen-bond acceptors (Lipinski definition) is 8. The second-order valence-electron chi connectivity index (χ2n) is 5.93. The van der Waals surface area contributed by atoms with Crippen molar-refractivity contribution in [1.29, 1.82) is 0 Å². The van der Waals surface area contributed by atoms with Crippen LogP contribution >= 0.6 is 24.0 Å². The Kier molecular flexibility index (Phi) is 6.80. The molecule has 1 fully saturated rings. The molecule has 0 aliphatic carbocycles. The third-order valence-corrected chi connectivity index (χ3v) is 5.27. The van der Waals surface area contributed by atoms with E-state index in [1.54, 1.807) is 30.4 Å². The maximum Gasteiger partial charge on any atom is 0.287 e. The standard InChI is InChI=1S/C20H17N3O5S2/c1-3-9-22-19(24)17(30-20(22)29)11-13-5-7-15(16(10-13)27-4-2)28-18-8-6-14(12-21-18)23(25)26/h3,5-8,10-12H,1,4,9H2,2H3/b17-11+. The van der Waals surface area contributed by atoms with Crippen molar-refractivity contribution in [3.05, 3.63) is 69.8 Å². The van der Waals surface area contributed by atoms with Gasteiger partial charge in [-0.2, -0.15) is 0 Å². The fraction of sp³-hybridized carbons (Fsp3) is 0.150. The molecule has 10 heteroatoms. The zero-order chi connectivity index (χ0) is 21.7. The van der Waals surface area contributed by atoms with Crippen LogP contribution in [0.2, 0.25) is 0 Å². The summed E-state index contributed by atoms with van der Waals surface area (Å²) in [7, 11) is 0. The van der Waals surface area contributed by atoms with Gasteiger partial charge in [-0.25, -0.2) is 4.98 Å². The summed E-state index contributed by atoms with van der Waals surface area (Å²) in [5.74, 6) is 0.875. The van der Waals surface area contributed by atoms with Gasteiger partial charge in [-0.15, -0.1) is 6.58 Å². The first-order valence-corrected chi connectivity index (χ1v) is 10.1. The highest BCUT2D eigenvalue weighted by molar-refractivity contribution is 8.26. The number of benzene rings is 1. The van der Waals surface area contributed by atoms with E-state index in [9.17, 15) is 14.9 Å². The second-order valence-corrected chi connectivity index (χ2v) is 7.61. The molecule has 1 amide bonds. The summed E-state index contributed by atoms with van der Waals surface area (Å²) in [4.78, 5) is 28.6. The Labute approximate surface area is 182 Å². The summed E-state index contributed by atoms with van der Waals surface area (Å²) >= 11 is 6.48. The van der Waals surface area contributed by atoms with Crippen LogP contribution in [-0.4, -0.2) is 38.2 Å². The topological polar surface area (TPSA) is 94.8 Å². The van der Waals surface area contributed by atoms with Gasteiger partial charge >= 0.3 is 0 Å². The number of thiocarbonyl (C=S) groups is 1. The van der Waals surface area contributed by atoms with E-state index >= 15 is 0 Å². The van der Waals surface area contributed by atoms with Gasteiger partial charge in [0.05, 0.1) is 16.4 Å². The minimum Gasteiger partial charge on any atom is -0.490 e. The Bertz CT molecular complexity index is 1040. The molecular weight excluding hydrogens is 426 g/mol. The largest absolute Gasteiger partial charge is 0.490 e. The van der Waals surface area contributed by atoms with E-state index in [1.165, 1.54) is 28.8 Å². The van der Waals surface area contributed by atoms with E-state index < -0.39 is 4.92 Å². The summed E-state index contributed by atoms with van der Waals surface area (Å²) in [5.41, 5.74) is 0.609. The van der Waals surface area contributed by atoms with Crippen LogP contribution in [0.1, 0.15) is 12.5 Å². The molecule has 8 nitrogen and oxygen atoms in total. The van der Waals surface area contributed by atoms with Crippen LogP contribution in [0.4, 0.5) is 5.69 Å². The second kappa shape index (κ2) is 9.51. The molecule has 1 aromatic heterocycles. The van der Waals surface area contributed by atoms with Crippen LogP contribution in [-0.2, 0) is 4.79 Å². The van der Waals surface area contributed by atoms with Crippen molar-refractivity contribution >= 4 is 46.0 Å². The van der Waals surface area contributed by atoms with Crippen LogP contribution in [0.3, 0.4) is 0 Å². The molecular formula is C20H17N3O5S2. The molecule has 0 saturated carbocycles. The molecule has 2 heterocycles. The van der Waals surface area contributed by atoms with Gasteiger partial charge in [0.15, 0.2) is 11.5 Å². The van der Waals surface area contributed by atoms with Crippen molar-refractivity contribution in [2.75, 3.05) is 13.2 Å². The van der Waals surface area contributed by atoms with Crippen LogP contribution in [0.5, 0.6) is 17.4 Å². The molecule has 1 aliphatic rings. The summed E-state index contributed by atoms with van der Waals surface area (Å²) in [5, 5.41) is 10.7. The first-order valence-electron chi connectivity index (χ1n) is 8.84. The SMILES string of the molecule is C=CCN1C(=O)/C(=C\c2ccc(Oc3ccc([N+](=O)[O-])cn3)c(OCC)c2)SC1=S. The van der Waals surface area contributed by atoms with E-state index in [0.29, 0.717) is 33.9 Å². The first kappa shape index (κ1) is 21.5. The fourth-order valence-corrected chi connectivity index (χ4v) is 3.83. The van der Waals surface area contributed by atoms with E-state index in [-0.39, 0.29) is 17.5 Å². The van der Waals surface area contributed by atoms with Crippen molar-refractivity contribution in [2.45, 2.75) is 6.92 Å². The van der Waals surface area contributed by atoms with Crippen LogP contribution in [0.15, 0.2) is 54.1 Å². The average Bonchev–Trinajstić information content (AvgIpc) is 2.98. The maximum absolute atomic E-state index is 12.5. The number of amides is 1. The van der Waals surface area contributed by atoms with Crippen molar-refractivity contribution in [1.82, 2.24) is 9.88 Å². The quantitative estimate of drug-likeness (QED) is 0.193. The summed E-state index contributed by atoms with van der Waals surface area (Å²) in [6.07, 6.45) is 4.48. The van der Waals surface area contributed by atoms with Crippen molar-refractivity contribution in [2.24, 2.45) is 0 Å². The molecule has 0 atom stereocenters. The summed E-state index contributed by atoms with van der Waals surface area (Å²) < 4.78 is 11.9. The number of pyridine rings is 1. The Balaban J connectivity index is 1.84. The van der Waals surface area contributed by atoms with Gasteiger partial charge < -0.3 is 9.47 Å². The summed E-state index contributed by atoms with van der Waals surface area (Å²) in [6, 6.07) is 7.91. The van der Waals surface area contributed by atoms with Crippen LogP contribution in [0.25, 0.3) is 6.08 Å². The van der Waals surface area contributed by atoms with E-state index in [2.05, 4.69) is 11.6 Å².